The van der Waals surface area contributed by atoms with E-state index in [0.717, 1.165) is 45.1 Å². The second-order valence-electron chi connectivity index (χ2n) is 13.2. The van der Waals surface area contributed by atoms with Crippen LogP contribution in [0.4, 0.5) is 4.79 Å². The third-order valence-electron chi connectivity index (χ3n) is 11.8. The first-order valence-electron chi connectivity index (χ1n) is 14.3. The third kappa shape index (κ3) is 2.71. The molecule has 6 atom stereocenters. The topological polar surface area (TPSA) is 50.3 Å². The Morgan fingerprint density at radius 3 is 2.71 bits per heavy atom. The zero-order valence-corrected chi connectivity index (χ0v) is 21.2. The van der Waals surface area contributed by atoms with E-state index >= 15 is 0 Å². The zero-order valence-electron chi connectivity index (χ0n) is 21.2. The van der Waals surface area contributed by atoms with E-state index in [-0.39, 0.29) is 5.41 Å². The minimum atomic E-state index is 0.134. The molecule has 1 aromatic rings. The Morgan fingerprint density at radius 2 is 1.91 bits per heavy atom. The van der Waals surface area contributed by atoms with Crippen molar-refractivity contribution in [3.8, 4) is 5.75 Å². The summed E-state index contributed by atoms with van der Waals surface area (Å²) in [5.41, 5.74) is 3.41. The van der Waals surface area contributed by atoms with Crippen LogP contribution >= 0.6 is 0 Å². The molecular weight excluding hydrogens is 436 g/mol. The Bertz CT molecular complexity index is 1060. The van der Waals surface area contributed by atoms with E-state index in [4.69, 9.17) is 0 Å². The van der Waals surface area contributed by atoms with Gasteiger partial charge >= 0.3 is 6.03 Å². The van der Waals surface area contributed by atoms with Crippen LogP contribution in [-0.4, -0.2) is 95.7 Å². The smallest absolute Gasteiger partial charge is 0.320 e. The molecule has 6 heteroatoms. The summed E-state index contributed by atoms with van der Waals surface area (Å²) in [5, 5.41) is 10.6. The number of amides is 2. The van der Waals surface area contributed by atoms with Gasteiger partial charge in [0.15, 0.2) is 0 Å². The molecule has 3 heterocycles. The highest BCUT2D eigenvalue weighted by Gasteiger charge is 2.76. The van der Waals surface area contributed by atoms with Gasteiger partial charge in [0.2, 0.25) is 0 Å². The molecule has 2 unspecified atom stereocenters. The first-order valence-corrected chi connectivity index (χ1v) is 14.3. The number of benzene rings is 1. The van der Waals surface area contributed by atoms with E-state index < -0.39 is 0 Å². The number of likely N-dealkylation sites (N-methyl/N-ethyl adjacent to an activating group) is 1. The number of carbonyl (C=O) groups excluding carboxylic acids is 1. The molecular formula is C29H40N4O2. The number of hydrogen-bond acceptors (Lipinski definition) is 4. The molecule has 0 aromatic heterocycles. The Hall–Kier alpha value is -1.79. The van der Waals surface area contributed by atoms with Crippen molar-refractivity contribution in [1.82, 2.24) is 19.6 Å². The van der Waals surface area contributed by atoms with E-state index in [0.29, 0.717) is 41.1 Å². The fourth-order valence-corrected chi connectivity index (χ4v) is 10.3. The third-order valence-corrected chi connectivity index (χ3v) is 11.8. The monoisotopic (exact) mass is 476 g/mol. The number of piperazine rings is 1. The Labute approximate surface area is 209 Å². The van der Waals surface area contributed by atoms with E-state index in [2.05, 4.69) is 38.8 Å². The minimum absolute atomic E-state index is 0.134. The summed E-state index contributed by atoms with van der Waals surface area (Å²) in [6.45, 7) is 7.12. The summed E-state index contributed by atoms with van der Waals surface area (Å²) in [4.78, 5) is 23.5. The van der Waals surface area contributed by atoms with E-state index in [1.807, 2.05) is 6.07 Å². The lowest BCUT2D eigenvalue weighted by molar-refractivity contribution is -0.102. The van der Waals surface area contributed by atoms with Crippen molar-refractivity contribution < 1.29 is 9.90 Å². The molecule has 0 radical (unpaired) electrons. The predicted octanol–water partition coefficient (Wildman–Crippen LogP) is 3.14. The Kier molecular flexibility index (Phi) is 4.36. The molecule has 7 aliphatic rings. The van der Waals surface area contributed by atoms with E-state index in [9.17, 15) is 9.90 Å². The van der Waals surface area contributed by atoms with Crippen LogP contribution in [0.2, 0.25) is 0 Å². The fraction of sp³-hybridized carbons (Fsp3) is 0.759. The molecule has 3 saturated carbocycles. The highest BCUT2D eigenvalue weighted by atomic mass is 16.3. The van der Waals surface area contributed by atoms with Crippen LogP contribution in [-0.2, 0) is 11.8 Å². The lowest BCUT2D eigenvalue weighted by Crippen LogP contribution is -2.70. The van der Waals surface area contributed by atoms with Gasteiger partial charge in [0.05, 0.1) is 0 Å². The minimum Gasteiger partial charge on any atom is -0.508 e. The predicted molar refractivity (Wildman–Crippen MR) is 134 cm³/mol. The lowest BCUT2D eigenvalue weighted by Gasteiger charge is -2.66. The number of piperidine rings is 1. The van der Waals surface area contributed by atoms with Gasteiger partial charge in [-0.3, -0.25) is 4.90 Å². The van der Waals surface area contributed by atoms with Crippen LogP contribution in [0.3, 0.4) is 0 Å². The van der Waals surface area contributed by atoms with Crippen LogP contribution in [0.5, 0.6) is 5.75 Å². The number of phenols is 1. The number of likely N-dealkylation sites (tertiary alicyclic amines) is 2. The van der Waals surface area contributed by atoms with Gasteiger partial charge in [0, 0.05) is 56.8 Å². The quantitative estimate of drug-likeness (QED) is 0.713. The molecule has 6 nitrogen and oxygen atoms in total. The number of rotatable bonds is 2. The largest absolute Gasteiger partial charge is 0.508 e. The number of hydrogen-bond donors (Lipinski definition) is 1. The van der Waals surface area contributed by atoms with Gasteiger partial charge in [0.1, 0.15) is 5.75 Å². The average molecular weight is 477 g/mol. The number of phenolic OH excluding ortho intramolecular Hbond substituents is 1. The summed E-state index contributed by atoms with van der Waals surface area (Å²) < 4.78 is 0. The van der Waals surface area contributed by atoms with Gasteiger partial charge in [0.25, 0.3) is 0 Å². The molecule has 6 fully saturated rings. The summed E-state index contributed by atoms with van der Waals surface area (Å²) in [5.74, 6) is 2.51. The first kappa shape index (κ1) is 21.3. The lowest BCUT2D eigenvalue weighted by atomic mass is 9.43. The van der Waals surface area contributed by atoms with Crippen LogP contribution in [0.25, 0.3) is 0 Å². The van der Waals surface area contributed by atoms with Gasteiger partial charge in [-0.2, -0.15) is 0 Å². The summed E-state index contributed by atoms with van der Waals surface area (Å²) in [6, 6.07) is 7.60. The molecule has 188 valence electrons. The molecule has 3 aliphatic heterocycles. The zero-order chi connectivity index (χ0) is 23.5. The first-order chi connectivity index (χ1) is 17.0. The molecule has 1 N–H and O–H groups in total. The normalized spacial score (nSPS) is 42.2. The second kappa shape index (κ2) is 7.16. The van der Waals surface area contributed by atoms with Crippen LogP contribution < -0.4 is 0 Å². The van der Waals surface area contributed by atoms with Crippen molar-refractivity contribution in [2.24, 2.45) is 23.2 Å². The van der Waals surface area contributed by atoms with Crippen LogP contribution in [0.1, 0.15) is 49.7 Å². The number of urea groups is 1. The Balaban J connectivity index is 1.19. The van der Waals surface area contributed by atoms with Crippen molar-refractivity contribution in [1.29, 1.82) is 0 Å². The van der Waals surface area contributed by atoms with Gasteiger partial charge in [-0.15, -0.1) is 0 Å². The Morgan fingerprint density at radius 1 is 1.09 bits per heavy atom. The molecule has 1 aromatic carbocycles. The number of fused-ring (bicyclic) bond motifs is 1. The van der Waals surface area contributed by atoms with Crippen molar-refractivity contribution in [2.75, 3.05) is 52.9 Å². The van der Waals surface area contributed by atoms with Crippen molar-refractivity contribution in [3.63, 3.8) is 0 Å². The van der Waals surface area contributed by atoms with Gasteiger partial charge in [-0.1, -0.05) is 6.07 Å². The molecule has 0 spiro atoms. The van der Waals surface area contributed by atoms with E-state index in [1.54, 1.807) is 0 Å². The summed E-state index contributed by atoms with van der Waals surface area (Å²) >= 11 is 0. The second-order valence-corrected chi connectivity index (χ2v) is 13.2. The highest BCUT2D eigenvalue weighted by molar-refractivity contribution is 5.76. The maximum Gasteiger partial charge on any atom is 0.320 e. The van der Waals surface area contributed by atoms with Crippen LogP contribution in [0, 0.1) is 23.2 Å². The van der Waals surface area contributed by atoms with Crippen molar-refractivity contribution >= 4 is 6.03 Å². The average Bonchev–Trinajstić information content (AvgIpc) is 3.54. The number of aromatic hydroxyl groups is 1. The summed E-state index contributed by atoms with van der Waals surface area (Å²) in [6.07, 6.45) is 8.90. The molecule has 8 rings (SSSR count). The van der Waals surface area contributed by atoms with Crippen LogP contribution in [0.15, 0.2) is 18.2 Å². The molecule has 4 bridgehead atoms. The maximum atomic E-state index is 13.8. The highest BCUT2D eigenvalue weighted by Crippen LogP contribution is 2.75. The molecule has 35 heavy (non-hydrogen) atoms. The molecule has 4 aliphatic carbocycles. The number of carbonyl (C=O) groups is 1. The van der Waals surface area contributed by atoms with Gasteiger partial charge in [-0.05, 0) is 105 Å². The van der Waals surface area contributed by atoms with Gasteiger partial charge < -0.3 is 19.8 Å². The fourth-order valence-electron chi connectivity index (χ4n) is 10.3. The van der Waals surface area contributed by atoms with Crippen molar-refractivity contribution in [3.05, 3.63) is 29.3 Å². The van der Waals surface area contributed by atoms with Crippen molar-refractivity contribution in [2.45, 2.75) is 62.4 Å². The standard InChI is InChI=1S/C29H40N4O2/c1-30-10-12-31(13-11-30)27(35)33-18-21-16-28-7-6-24(33)26(21)29(28)8-9-32(17-19-2-3-19)25(28)14-20-4-5-22(34)15-23(20)29/h4-5,15,19,21,24-26,34H,2-3,6-14,16-18H2,1H3/t21-,24?,25-,26?,28-,29+/m1/s1. The SMILES string of the molecule is CN1CCN(C(=O)N2C[C@H]3C[C@@]45CCC2C3[C@@]42CCN(CC3CC3)[C@@H]5Cc3ccc(O)cc32)CC1. The van der Waals surface area contributed by atoms with E-state index in [1.165, 1.54) is 62.7 Å². The maximum absolute atomic E-state index is 13.8. The van der Waals surface area contributed by atoms with Gasteiger partial charge in [-0.25, -0.2) is 4.79 Å². The molecule has 3 saturated heterocycles. The summed E-state index contributed by atoms with van der Waals surface area (Å²) in [7, 11) is 2.16. The molecule has 2 amide bonds. The number of nitrogens with zero attached hydrogens (tertiary/aromatic N) is 4.